The number of carbonyl (C=O) groups excluding carboxylic acids is 1. The van der Waals surface area contributed by atoms with E-state index < -0.39 is 5.97 Å². The van der Waals surface area contributed by atoms with Crippen molar-refractivity contribution in [3.05, 3.63) is 42.0 Å². The molecule has 1 fully saturated rings. The Morgan fingerprint density at radius 2 is 1.82 bits per heavy atom. The molecule has 1 N–H and O–H groups in total. The van der Waals surface area contributed by atoms with Gasteiger partial charge in [0.1, 0.15) is 0 Å². The zero-order valence-corrected chi connectivity index (χ0v) is 12.8. The molecule has 0 spiro atoms. The van der Waals surface area contributed by atoms with Gasteiger partial charge in [0.2, 0.25) is 5.91 Å². The maximum Gasteiger partial charge on any atom is 0.305 e. The molecule has 0 aliphatic heterocycles. The van der Waals surface area contributed by atoms with E-state index in [2.05, 4.69) is 0 Å². The Kier molecular flexibility index (Phi) is 6.19. The lowest BCUT2D eigenvalue weighted by atomic mass is 9.94. The maximum atomic E-state index is 12.5. The van der Waals surface area contributed by atoms with Gasteiger partial charge in [-0.25, -0.2) is 0 Å². The molecule has 0 atom stereocenters. The highest BCUT2D eigenvalue weighted by molar-refractivity contribution is 5.92. The van der Waals surface area contributed by atoms with Crippen LogP contribution in [0.15, 0.2) is 36.4 Å². The number of carbonyl (C=O) groups is 2. The van der Waals surface area contributed by atoms with E-state index in [9.17, 15) is 9.59 Å². The Labute approximate surface area is 131 Å². The molecule has 0 unspecified atom stereocenters. The smallest absolute Gasteiger partial charge is 0.305 e. The van der Waals surface area contributed by atoms with Crippen LogP contribution < -0.4 is 0 Å². The molecule has 118 valence electrons. The Hall–Kier alpha value is -2.10. The van der Waals surface area contributed by atoms with Crippen LogP contribution in [0, 0.1) is 0 Å². The van der Waals surface area contributed by atoms with Crippen LogP contribution >= 0.6 is 0 Å². The van der Waals surface area contributed by atoms with Crippen LogP contribution in [0.4, 0.5) is 0 Å². The summed E-state index contributed by atoms with van der Waals surface area (Å²) in [7, 11) is 0. The van der Waals surface area contributed by atoms with Crippen LogP contribution in [0.25, 0.3) is 6.08 Å². The minimum atomic E-state index is -0.861. The normalized spacial score (nSPS) is 15.8. The summed E-state index contributed by atoms with van der Waals surface area (Å²) < 4.78 is 0. The molecule has 1 aliphatic carbocycles. The second-order valence-electron chi connectivity index (χ2n) is 5.71. The number of hydrogen-bond donors (Lipinski definition) is 1. The van der Waals surface area contributed by atoms with Gasteiger partial charge in [-0.2, -0.15) is 0 Å². The standard InChI is InChI=1S/C18H23NO3/c20-17(12-11-15-7-3-1-4-8-15)19(14-13-18(21)22)16-9-5-2-6-10-16/h1,3-4,7-8,11-12,16H,2,5-6,9-10,13-14H2,(H,21,22)/b12-11+. The molecule has 1 aromatic rings. The first kappa shape index (κ1) is 16.3. The van der Waals surface area contributed by atoms with Crippen LogP contribution in [0.1, 0.15) is 44.1 Å². The van der Waals surface area contributed by atoms with Crippen molar-refractivity contribution in [2.45, 2.75) is 44.6 Å². The molecule has 0 saturated heterocycles. The molecule has 22 heavy (non-hydrogen) atoms. The van der Waals surface area contributed by atoms with Gasteiger partial charge in [-0.05, 0) is 24.5 Å². The second kappa shape index (κ2) is 8.37. The third kappa shape index (κ3) is 5.02. The van der Waals surface area contributed by atoms with E-state index >= 15 is 0 Å². The summed E-state index contributed by atoms with van der Waals surface area (Å²) in [6.45, 7) is 0.290. The van der Waals surface area contributed by atoms with Gasteiger partial charge in [-0.15, -0.1) is 0 Å². The lowest BCUT2D eigenvalue weighted by Gasteiger charge is -2.33. The van der Waals surface area contributed by atoms with E-state index in [1.807, 2.05) is 30.3 Å². The highest BCUT2D eigenvalue weighted by Gasteiger charge is 2.24. The maximum absolute atomic E-state index is 12.5. The first-order chi connectivity index (χ1) is 10.7. The van der Waals surface area contributed by atoms with Crippen molar-refractivity contribution in [2.24, 2.45) is 0 Å². The molecule has 0 bridgehead atoms. The summed E-state index contributed by atoms with van der Waals surface area (Å²) in [6, 6.07) is 9.83. The molecule has 1 saturated carbocycles. The number of hydrogen-bond acceptors (Lipinski definition) is 2. The van der Waals surface area contributed by atoms with Crippen LogP contribution in [-0.4, -0.2) is 34.5 Å². The van der Waals surface area contributed by atoms with E-state index in [4.69, 9.17) is 5.11 Å². The molecule has 2 rings (SSSR count). The first-order valence-electron chi connectivity index (χ1n) is 7.92. The average molecular weight is 301 g/mol. The summed E-state index contributed by atoms with van der Waals surface area (Å²) in [5.74, 6) is -0.947. The number of aliphatic carboxylic acids is 1. The summed E-state index contributed by atoms with van der Waals surface area (Å²) in [4.78, 5) is 25.0. The van der Waals surface area contributed by atoms with E-state index in [0.29, 0.717) is 0 Å². The third-order valence-corrected chi connectivity index (χ3v) is 4.08. The van der Waals surface area contributed by atoms with Crippen molar-refractivity contribution in [1.29, 1.82) is 0 Å². The lowest BCUT2D eigenvalue weighted by molar-refractivity contribution is -0.138. The molecular formula is C18H23NO3. The van der Waals surface area contributed by atoms with Gasteiger partial charge in [0, 0.05) is 18.7 Å². The minimum Gasteiger partial charge on any atom is -0.481 e. The molecular weight excluding hydrogens is 278 g/mol. The molecule has 0 heterocycles. The van der Waals surface area contributed by atoms with Crippen LogP contribution in [0.5, 0.6) is 0 Å². The summed E-state index contributed by atoms with van der Waals surface area (Å²) in [5.41, 5.74) is 0.970. The average Bonchev–Trinajstić information content (AvgIpc) is 2.55. The number of benzene rings is 1. The molecule has 1 amide bonds. The molecule has 1 aliphatic rings. The Morgan fingerprint density at radius 1 is 1.14 bits per heavy atom. The molecule has 0 radical (unpaired) electrons. The highest BCUT2D eigenvalue weighted by atomic mass is 16.4. The Bertz CT molecular complexity index is 518. The zero-order chi connectivity index (χ0) is 15.8. The fourth-order valence-electron chi connectivity index (χ4n) is 2.91. The minimum absolute atomic E-state index is 0.00141. The molecule has 1 aromatic carbocycles. The van der Waals surface area contributed by atoms with Gasteiger partial charge >= 0.3 is 5.97 Å². The van der Waals surface area contributed by atoms with Crippen LogP contribution in [0.2, 0.25) is 0 Å². The van der Waals surface area contributed by atoms with Gasteiger partial charge in [-0.1, -0.05) is 49.6 Å². The SMILES string of the molecule is O=C(O)CCN(C(=O)/C=C/c1ccccc1)C1CCCCC1. The van der Waals surface area contributed by atoms with E-state index in [1.54, 1.807) is 17.1 Å². The molecule has 0 aromatic heterocycles. The van der Waals surface area contributed by atoms with Gasteiger partial charge in [0.05, 0.1) is 6.42 Å². The summed E-state index contributed by atoms with van der Waals surface area (Å²) >= 11 is 0. The quantitative estimate of drug-likeness (QED) is 0.820. The highest BCUT2D eigenvalue weighted by Crippen LogP contribution is 2.23. The van der Waals surface area contributed by atoms with Crippen molar-refractivity contribution in [3.63, 3.8) is 0 Å². The monoisotopic (exact) mass is 301 g/mol. The number of carboxylic acid groups (broad SMARTS) is 1. The van der Waals surface area contributed by atoms with Crippen molar-refractivity contribution in [3.8, 4) is 0 Å². The van der Waals surface area contributed by atoms with Gasteiger partial charge in [-0.3, -0.25) is 9.59 Å². The zero-order valence-electron chi connectivity index (χ0n) is 12.8. The van der Waals surface area contributed by atoms with E-state index in [0.717, 1.165) is 31.2 Å². The van der Waals surface area contributed by atoms with Crippen molar-refractivity contribution < 1.29 is 14.7 Å². The predicted octanol–water partition coefficient (Wildman–Crippen LogP) is 3.34. The van der Waals surface area contributed by atoms with E-state index in [1.165, 1.54) is 6.42 Å². The first-order valence-corrected chi connectivity index (χ1v) is 7.92. The van der Waals surface area contributed by atoms with Crippen molar-refractivity contribution in [2.75, 3.05) is 6.54 Å². The van der Waals surface area contributed by atoms with Crippen LogP contribution in [0.3, 0.4) is 0 Å². The predicted molar refractivity (Wildman–Crippen MR) is 86.3 cm³/mol. The lowest BCUT2D eigenvalue weighted by Crippen LogP contribution is -2.41. The van der Waals surface area contributed by atoms with Gasteiger partial charge in [0.15, 0.2) is 0 Å². The van der Waals surface area contributed by atoms with Crippen molar-refractivity contribution >= 4 is 18.0 Å². The van der Waals surface area contributed by atoms with Crippen LogP contribution in [-0.2, 0) is 9.59 Å². The number of rotatable bonds is 6. The molecule has 4 nitrogen and oxygen atoms in total. The topological polar surface area (TPSA) is 57.6 Å². The second-order valence-corrected chi connectivity index (χ2v) is 5.71. The largest absolute Gasteiger partial charge is 0.481 e. The third-order valence-electron chi connectivity index (χ3n) is 4.08. The van der Waals surface area contributed by atoms with Gasteiger partial charge < -0.3 is 10.0 Å². The van der Waals surface area contributed by atoms with E-state index in [-0.39, 0.29) is 24.9 Å². The molecule has 4 heteroatoms. The summed E-state index contributed by atoms with van der Waals surface area (Å²) in [5, 5.41) is 8.89. The Morgan fingerprint density at radius 3 is 2.45 bits per heavy atom. The number of carboxylic acids is 1. The Balaban J connectivity index is 2.03. The van der Waals surface area contributed by atoms with Crippen molar-refractivity contribution in [1.82, 2.24) is 4.90 Å². The van der Waals surface area contributed by atoms with Gasteiger partial charge in [0.25, 0.3) is 0 Å². The fourth-order valence-corrected chi connectivity index (χ4v) is 2.91. The number of nitrogens with zero attached hydrogens (tertiary/aromatic N) is 1. The number of amides is 1. The fraction of sp³-hybridized carbons (Fsp3) is 0.444. The summed E-state index contributed by atoms with van der Waals surface area (Å²) in [6.07, 6.45) is 8.74.